The van der Waals surface area contributed by atoms with E-state index < -0.39 is 30.4 Å². The zero-order valence-corrected chi connectivity index (χ0v) is 14.9. The van der Waals surface area contributed by atoms with Crippen LogP contribution in [-0.2, 0) is 14.3 Å². The third-order valence-corrected chi connectivity index (χ3v) is 3.62. The number of esters is 1. The van der Waals surface area contributed by atoms with Crippen LogP contribution in [-0.4, -0.2) is 30.4 Å². The molecule has 1 aromatic heterocycles. The molecule has 0 aliphatic rings. The van der Waals surface area contributed by atoms with Gasteiger partial charge in [0.25, 0.3) is 11.8 Å². The van der Waals surface area contributed by atoms with E-state index in [2.05, 4.69) is 10.6 Å². The lowest BCUT2D eigenvalue weighted by Gasteiger charge is -2.20. The standard InChI is InChI=1S/C19H19N3O5/c1-12(2)17(22-18(24)15-8-5-9-26-15)19(25)27-11-16(23)21-14-7-4-3-6-13(14)10-20/h3-9,12,17H,11H2,1-2H3,(H,21,23)(H,22,24)/t17-/m0/s1. The summed E-state index contributed by atoms with van der Waals surface area (Å²) >= 11 is 0. The molecular weight excluding hydrogens is 350 g/mol. The number of nitriles is 1. The fourth-order valence-electron chi connectivity index (χ4n) is 2.22. The van der Waals surface area contributed by atoms with Crippen molar-refractivity contribution < 1.29 is 23.5 Å². The Hall–Kier alpha value is -3.60. The number of hydrogen-bond acceptors (Lipinski definition) is 6. The second-order valence-electron chi connectivity index (χ2n) is 5.99. The number of nitrogens with zero attached hydrogens (tertiary/aromatic N) is 1. The highest BCUT2D eigenvalue weighted by Gasteiger charge is 2.27. The minimum absolute atomic E-state index is 0.0688. The SMILES string of the molecule is CC(C)[C@H](NC(=O)c1ccco1)C(=O)OCC(=O)Nc1ccccc1C#N. The van der Waals surface area contributed by atoms with Crippen molar-refractivity contribution in [1.82, 2.24) is 5.32 Å². The zero-order valence-electron chi connectivity index (χ0n) is 14.9. The third kappa shape index (κ3) is 5.44. The monoisotopic (exact) mass is 369 g/mol. The molecule has 0 radical (unpaired) electrons. The van der Waals surface area contributed by atoms with Gasteiger partial charge in [0.05, 0.1) is 17.5 Å². The predicted molar refractivity (Wildman–Crippen MR) is 95.5 cm³/mol. The summed E-state index contributed by atoms with van der Waals surface area (Å²) < 4.78 is 10.00. The number of nitrogens with one attached hydrogen (secondary N) is 2. The minimum Gasteiger partial charge on any atom is -0.459 e. The summed E-state index contributed by atoms with van der Waals surface area (Å²) in [4.78, 5) is 36.3. The van der Waals surface area contributed by atoms with Gasteiger partial charge in [0, 0.05) is 0 Å². The van der Waals surface area contributed by atoms with Crippen molar-refractivity contribution >= 4 is 23.5 Å². The quantitative estimate of drug-likeness (QED) is 0.721. The molecule has 1 atom stereocenters. The van der Waals surface area contributed by atoms with Crippen LogP contribution in [0.3, 0.4) is 0 Å². The lowest BCUT2D eigenvalue weighted by atomic mass is 10.0. The molecule has 8 heteroatoms. The van der Waals surface area contributed by atoms with Crippen LogP contribution in [0.15, 0.2) is 47.1 Å². The summed E-state index contributed by atoms with van der Waals surface area (Å²) in [7, 11) is 0. The van der Waals surface area contributed by atoms with Crippen molar-refractivity contribution in [2.45, 2.75) is 19.9 Å². The number of carbonyl (C=O) groups is 3. The van der Waals surface area contributed by atoms with E-state index in [4.69, 9.17) is 14.4 Å². The van der Waals surface area contributed by atoms with Gasteiger partial charge in [-0.15, -0.1) is 0 Å². The predicted octanol–water partition coefficient (Wildman–Crippen LogP) is 2.09. The summed E-state index contributed by atoms with van der Waals surface area (Å²) in [5, 5.41) is 14.0. The van der Waals surface area contributed by atoms with Gasteiger partial charge in [0.1, 0.15) is 12.1 Å². The number of benzene rings is 1. The Bertz CT molecular complexity index is 852. The smallest absolute Gasteiger partial charge is 0.329 e. The molecule has 0 aliphatic heterocycles. The summed E-state index contributed by atoms with van der Waals surface area (Å²) in [5.74, 6) is -2.08. The highest BCUT2D eigenvalue weighted by atomic mass is 16.5. The molecule has 2 rings (SSSR count). The lowest BCUT2D eigenvalue weighted by Crippen LogP contribution is -2.45. The molecule has 8 nitrogen and oxygen atoms in total. The molecule has 0 fully saturated rings. The van der Waals surface area contributed by atoms with Crippen LogP contribution in [0.25, 0.3) is 0 Å². The first kappa shape index (κ1) is 19.7. The van der Waals surface area contributed by atoms with Crippen LogP contribution in [0, 0.1) is 17.2 Å². The largest absolute Gasteiger partial charge is 0.459 e. The van der Waals surface area contributed by atoms with Crippen LogP contribution in [0.5, 0.6) is 0 Å². The number of hydrogen-bond donors (Lipinski definition) is 2. The van der Waals surface area contributed by atoms with E-state index in [1.54, 1.807) is 44.2 Å². The molecule has 0 spiro atoms. The minimum atomic E-state index is -0.943. The van der Waals surface area contributed by atoms with E-state index >= 15 is 0 Å². The lowest BCUT2D eigenvalue weighted by molar-refractivity contribution is -0.150. The highest BCUT2D eigenvalue weighted by Crippen LogP contribution is 2.13. The Morgan fingerprint density at radius 2 is 1.93 bits per heavy atom. The Kier molecular flexibility index (Phi) is 6.72. The fraction of sp³-hybridized carbons (Fsp3) is 0.263. The Balaban J connectivity index is 1.92. The molecule has 0 aliphatic carbocycles. The maximum atomic E-state index is 12.3. The van der Waals surface area contributed by atoms with E-state index in [9.17, 15) is 14.4 Å². The van der Waals surface area contributed by atoms with Gasteiger partial charge >= 0.3 is 5.97 Å². The van der Waals surface area contributed by atoms with Crippen LogP contribution in [0.2, 0.25) is 0 Å². The molecule has 1 aromatic carbocycles. The van der Waals surface area contributed by atoms with Crippen LogP contribution >= 0.6 is 0 Å². The van der Waals surface area contributed by atoms with Crippen LogP contribution in [0.4, 0.5) is 5.69 Å². The van der Waals surface area contributed by atoms with Gasteiger partial charge in [-0.25, -0.2) is 4.79 Å². The van der Waals surface area contributed by atoms with E-state index in [-0.39, 0.29) is 11.7 Å². The topological polar surface area (TPSA) is 121 Å². The number of carbonyl (C=O) groups excluding carboxylic acids is 3. The molecule has 0 saturated heterocycles. The second-order valence-corrected chi connectivity index (χ2v) is 5.99. The van der Waals surface area contributed by atoms with Gasteiger partial charge in [0.2, 0.25) is 0 Å². The zero-order chi connectivity index (χ0) is 19.8. The van der Waals surface area contributed by atoms with Gasteiger partial charge in [-0.3, -0.25) is 9.59 Å². The van der Waals surface area contributed by atoms with Crippen LogP contribution < -0.4 is 10.6 Å². The first-order chi connectivity index (χ1) is 12.9. The Morgan fingerprint density at radius 1 is 1.19 bits per heavy atom. The number of amides is 2. The van der Waals surface area contributed by atoms with Crippen molar-refractivity contribution in [2.24, 2.45) is 5.92 Å². The maximum absolute atomic E-state index is 12.3. The average molecular weight is 369 g/mol. The van der Waals surface area contributed by atoms with Crippen molar-refractivity contribution in [3.05, 3.63) is 54.0 Å². The van der Waals surface area contributed by atoms with Crippen LogP contribution in [0.1, 0.15) is 30.0 Å². The Labute approximate surface area is 156 Å². The van der Waals surface area contributed by atoms with Gasteiger partial charge in [-0.2, -0.15) is 5.26 Å². The normalized spacial score (nSPS) is 11.3. The molecule has 2 amide bonds. The van der Waals surface area contributed by atoms with Gasteiger partial charge in [-0.05, 0) is 30.2 Å². The molecule has 27 heavy (non-hydrogen) atoms. The van der Waals surface area contributed by atoms with Crippen molar-refractivity contribution in [1.29, 1.82) is 5.26 Å². The van der Waals surface area contributed by atoms with Gasteiger partial charge < -0.3 is 19.8 Å². The number of para-hydroxylation sites is 1. The Morgan fingerprint density at radius 3 is 2.56 bits per heavy atom. The highest BCUT2D eigenvalue weighted by molar-refractivity contribution is 5.96. The molecule has 0 saturated carbocycles. The fourth-order valence-corrected chi connectivity index (χ4v) is 2.22. The molecule has 1 heterocycles. The van der Waals surface area contributed by atoms with Crippen molar-refractivity contribution in [2.75, 3.05) is 11.9 Å². The number of ether oxygens (including phenoxy) is 1. The van der Waals surface area contributed by atoms with E-state index in [0.717, 1.165) is 0 Å². The molecular formula is C19H19N3O5. The van der Waals surface area contributed by atoms with Gasteiger partial charge in [0.15, 0.2) is 12.4 Å². The summed E-state index contributed by atoms with van der Waals surface area (Å²) in [6.45, 7) is 2.92. The summed E-state index contributed by atoms with van der Waals surface area (Å²) in [5.41, 5.74) is 0.621. The first-order valence-corrected chi connectivity index (χ1v) is 8.22. The maximum Gasteiger partial charge on any atom is 0.329 e. The number of furan rings is 1. The van der Waals surface area contributed by atoms with Crippen molar-refractivity contribution in [3.63, 3.8) is 0 Å². The molecule has 140 valence electrons. The number of rotatable bonds is 7. The molecule has 0 bridgehead atoms. The second kappa shape index (κ2) is 9.20. The van der Waals surface area contributed by atoms with Crippen molar-refractivity contribution in [3.8, 4) is 6.07 Å². The van der Waals surface area contributed by atoms with E-state index in [1.165, 1.54) is 12.3 Å². The molecule has 2 aromatic rings. The average Bonchev–Trinajstić information content (AvgIpc) is 3.19. The van der Waals surface area contributed by atoms with E-state index in [0.29, 0.717) is 11.3 Å². The summed E-state index contributed by atoms with van der Waals surface area (Å²) in [6.07, 6.45) is 1.35. The number of anilines is 1. The molecule has 2 N–H and O–H groups in total. The van der Waals surface area contributed by atoms with E-state index in [1.807, 2.05) is 6.07 Å². The first-order valence-electron chi connectivity index (χ1n) is 8.22. The third-order valence-electron chi connectivity index (χ3n) is 3.62. The summed E-state index contributed by atoms with van der Waals surface area (Å²) in [6, 6.07) is 10.5. The van der Waals surface area contributed by atoms with Gasteiger partial charge in [-0.1, -0.05) is 26.0 Å². The molecule has 0 unspecified atom stereocenters.